The lowest BCUT2D eigenvalue weighted by atomic mass is 10.4. The van der Waals surface area contributed by atoms with Crippen molar-refractivity contribution in [3.63, 3.8) is 0 Å². The molecule has 0 unspecified atom stereocenters. The van der Waals surface area contributed by atoms with Crippen molar-refractivity contribution in [1.82, 2.24) is 9.97 Å². The Morgan fingerprint density at radius 3 is 2.81 bits per heavy atom. The van der Waals surface area contributed by atoms with Crippen LogP contribution in [-0.4, -0.2) is 43.0 Å². The van der Waals surface area contributed by atoms with E-state index in [2.05, 4.69) is 9.97 Å². The summed E-state index contributed by atoms with van der Waals surface area (Å²) in [5.41, 5.74) is 0. The van der Waals surface area contributed by atoms with E-state index in [0.717, 1.165) is 0 Å². The minimum Gasteiger partial charge on any atom is -0.354 e. The second kappa shape index (κ2) is 4.55. The summed E-state index contributed by atoms with van der Waals surface area (Å²) in [5.74, 6) is 1.06. The maximum atomic E-state index is 11.4. The molecule has 0 aliphatic carbocycles. The van der Waals surface area contributed by atoms with E-state index in [1.54, 1.807) is 6.20 Å². The average molecular weight is 262 g/mol. The fourth-order valence-corrected chi connectivity index (χ4v) is 3.07. The van der Waals surface area contributed by atoms with E-state index in [-0.39, 0.29) is 11.5 Å². The van der Waals surface area contributed by atoms with Crippen molar-refractivity contribution in [2.45, 2.75) is 6.42 Å². The Bertz CT molecular complexity index is 477. The summed E-state index contributed by atoms with van der Waals surface area (Å²) in [6, 6.07) is 0. The van der Waals surface area contributed by atoms with Gasteiger partial charge < -0.3 is 4.90 Å². The molecule has 2 rings (SSSR count). The minimum absolute atomic E-state index is 0.168. The van der Waals surface area contributed by atoms with Gasteiger partial charge in [-0.05, 0) is 6.42 Å². The third-order valence-corrected chi connectivity index (χ3v) is 4.37. The minimum atomic E-state index is -2.89. The predicted octanol–water partition coefficient (Wildman–Crippen LogP) is 0.755. The molecule has 5 nitrogen and oxygen atoms in total. The third kappa shape index (κ3) is 2.82. The van der Waals surface area contributed by atoms with E-state index in [4.69, 9.17) is 11.6 Å². The van der Waals surface area contributed by atoms with Crippen LogP contribution in [0.1, 0.15) is 6.42 Å². The van der Waals surface area contributed by atoms with Crippen LogP contribution in [0.25, 0.3) is 0 Å². The summed E-state index contributed by atoms with van der Waals surface area (Å²) in [4.78, 5) is 9.97. The molecule has 0 atom stereocenters. The van der Waals surface area contributed by atoms with Crippen LogP contribution >= 0.6 is 11.6 Å². The first-order valence-corrected chi connectivity index (χ1v) is 7.20. The molecule has 88 valence electrons. The Kier molecular flexibility index (Phi) is 3.30. The number of hydrogen-bond acceptors (Lipinski definition) is 5. The third-order valence-electron chi connectivity index (χ3n) is 2.47. The van der Waals surface area contributed by atoms with Crippen LogP contribution in [0.5, 0.6) is 0 Å². The van der Waals surface area contributed by atoms with Crippen LogP contribution in [0.3, 0.4) is 0 Å². The van der Waals surface area contributed by atoms with E-state index in [1.807, 2.05) is 4.90 Å². The number of nitrogens with zero attached hydrogens (tertiary/aromatic N) is 3. The molecule has 0 bridgehead atoms. The Hall–Kier alpha value is -0.880. The molecule has 1 aliphatic heterocycles. The van der Waals surface area contributed by atoms with Crippen molar-refractivity contribution in [3.8, 4) is 0 Å². The van der Waals surface area contributed by atoms with Crippen LogP contribution in [-0.2, 0) is 9.84 Å². The van der Waals surface area contributed by atoms with Crippen LogP contribution in [0.4, 0.5) is 5.82 Å². The quantitative estimate of drug-likeness (QED) is 0.747. The smallest absolute Gasteiger partial charge is 0.152 e. The van der Waals surface area contributed by atoms with Crippen molar-refractivity contribution in [3.05, 3.63) is 17.5 Å². The zero-order valence-corrected chi connectivity index (χ0v) is 10.2. The van der Waals surface area contributed by atoms with E-state index in [1.165, 1.54) is 6.20 Å². The SMILES string of the molecule is O=S1(=O)CCCN(c2cncc(Cl)n2)CC1. The molecule has 0 radical (unpaired) electrons. The largest absolute Gasteiger partial charge is 0.354 e. The maximum absolute atomic E-state index is 11.4. The van der Waals surface area contributed by atoms with Crippen molar-refractivity contribution < 1.29 is 8.42 Å². The molecular formula is C9H12ClN3O2S. The molecule has 0 N–H and O–H groups in total. The monoisotopic (exact) mass is 261 g/mol. The molecule has 7 heteroatoms. The van der Waals surface area contributed by atoms with Gasteiger partial charge in [-0.15, -0.1) is 0 Å². The van der Waals surface area contributed by atoms with Crippen molar-refractivity contribution in [2.24, 2.45) is 0 Å². The van der Waals surface area contributed by atoms with Gasteiger partial charge in [0, 0.05) is 13.1 Å². The molecule has 1 aromatic rings. The second-order valence-electron chi connectivity index (χ2n) is 3.69. The van der Waals surface area contributed by atoms with Gasteiger partial charge in [-0.1, -0.05) is 11.6 Å². The second-order valence-corrected chi connectivity index (χ2v) is 6.38. The maximum Gasteiger partial charge on any atom is 0.152 e. The normalized spacial score (nSPS) is 20.4. The highest BCUT2D eigenvalue weighted by atomic mass is 35.5. The highest BCUT2D eigenvalue weighted by Gasteiger charge is 2.20. The van der Waals surface area contributed by atoms with Gasteiger partial charge in [0.15, 0.2) is 9.84 Å². The molecule has 1 saturated heterocycles. The molecule has 1 fully saturated rings. The lowest BCUT2D eigenvalue weighted by Gasteiger charge is -2.20. The first-order valence-electron chi connectivity index (χ1n) is 5.00. The lowest BCUT2D eigenvalue weighted by Crippen LogP contribution is -2.27. The van der Waals surface area contributed by atoms with Gasteiger partial charge in [0.25, 0.3) is 0 Å². The standard InChI is InChI=1S/C9H12ClN3O2S/c10-8-6-11-7-9(12-8)13-2-1-4-16(14,15)5-3-13/h6-7H,1-5H2. The van der Waals surface area contributed by atoms with Crippen LogP contribution < -0.4 is 4.90 Å². The zero-order chi connectivity index (χ0) is 11.6. The molecule has 16 heavy (non-hydrogen) atoms. The van der Waals surface area contributed by atoms with Gasteiger partial charge in [0.1, 0.15) is 11.0 Å². The number of rotatable bonds is 1. The summed E-state index contributed by atoms with van der Waals surface area (Å²) in [6.07, 6.45) is 3.68. The van der Waals surface area contributed by atoms with E-state index < -0.39 is 9.84 Å². The van der Waals surface area contributed by atoms with E-state index >= 15 is 0 Å². The Morgan fingerprint density at radius 1 is 1.25 bits per heavy atom. The number of hydrogen-bond donors (Lipinski definition) is 0. The van der Waals surface area contributed by atoms with Gasteiger partial charge in [-0.3, -0.25) is 4.98 Å². The topological polar surface area (TPSA) is 63.2 Å². The molecular weight excluding hydrogens is 250 g/mol. The van der Waals surface area contributed by atoms with E-state index in [9.17, 15) is 8.42 Å². The Balaban J connectivity index is 2.17. The van der Waals surface area contributed by atoms with Gasteiger partial charge in [0.05, 0.1) is 23.9 Å². The Labute approximate surface area is 99.4 Å². The summed E-state index contributed by atoms with van der Waals surface area (Å²) >= 11 is 5.74. The molecule has 0 spiro atoms. The number of anilines is 1. The Morgan fingerprint density at radius 2 is 2.06 bits per heavy atom. The average Bonchev–Trinajstić information content (AvgIpc) is 2.39. The summed E-state index contributed by atoms with van der Waals surface area (Å²) in [5, 5.41) is 0.324. The molecule has 0 amide bonds. The van der Waals surface area contributed by atoms with Crippen LogP contribution in [0.2, 0.25) is 5.15 Å². The first-order chi connectivity index (χ1) is 7.57. The number of aromatic nitrogens is 2. The van der Waals surface area contributed by atoms with Crippen LogP contribution in [0, 0.1) is 0 Å². The summed E-state index contributed by atoms with van der Waals surface area (Å²) in [6.45, 7) is 1.13. The van der Waals surface area contributed by atoms with Gasteiger partial charge >= 0.3 is 0 Å². The highest BCUT2D eigenvalue weighted by Crippen LogP contribution is 2.15. The van der Waals surface area contributed by atoms with Crippen molar-refractivity contribution in [1.29, 1.82) is 0 Å². The predicted molar refractivity (Wildman–Crippen MR) is 62.5 cm³/mol. The highest BCUT2D eigenvalue weighted by molar-refractivity contribution is 7.91. The number of sulfone groups is 1. The molecule has 0 saturated carbocycles. The fourth-order valence-electron chi connectivity index (χ4n) is 1.65. The van der Waals surface area contributed by atoms with Gasteiger partial charge in [-0.2, -0.15) is 0 Å². The molecule has 2 heterocycles. The van der Waals surface area contributed by atoms with Crippen LogP contribution in [0.15, 0.2) is 12.4 Å². The summed E-state index contributed by atoms with van der Waals surface area (Å²) in [7, 11) is -2.89. The first kappa shape index (κ1) is 11.6. The molecule has 1 aliphatic rings. The lowest BCUT2D eigenvalue weighted by molar-refractivity contribution is 0.597. The number of halogens is 1. The molecule has 1 aromatic heterocycles. The van der Waals surface area contributed by atoms with E-state index in [0.29, 0.717) is 30.5 Å². The van der Waals surface area contributed by atoms with Gasteiger partial charge in [0.2, 0.25) is 0 Å². The molecule has 0 aromatic carbocycles. The summed E-state index contributed by atoms with van der Waals surface area (Å²) < 4.78 is 22.9. The zero-order valence-electron chi connectivity index (χ0n) is 8.63. The van der Waals surface area contributed by atoms with Gasteiger partial charge in [-0.25, -0.2) is 13.4 Å². The fraction of sp³-hybridized carbons (Fsp3) is 0.556. The van der Waals surface area contributed by atoms with Crippen molar-refractivity contribution >= 4 is 27.3 Å². The van der Waals surface area contributed by atoms with Crippen molar-refractivity contribution in [2.75, 3.05) is 29.5 Å².